The van der Waals surface area contributed by atoms with Gasteiger partial charge >= 0.3 is 0 Å². The van der Waals surface area contributed by atoms with E-state index in [2.05, 4.69) is 15.3 Å². The second-order valence-electron chi connectivity index (χ2n) is 3.71. The van der Waals surface area contributed by atoms with Gasteiger partial charge in [0.05, 0.1) is 4.70 Å². The average molecular weight is 281 g/mol. The fourth-order valence-corrected chi connectivity index (χ4v) is 2.42. The van der Waals surface area contributed by atoms with Gasteiger partial charge < -0.3 is 11.1 Å². The average Bonchev–Trinajstić information content (AvgIpc) is 2.72. The lowest BCUT2D eigenvalue weighted by Crippen LogP contribution is -2.14. The highest BCUT2D eigenvalue weighted by Gasteiger charge is 2.06. The minimum Gasteiger partial charge on any atom is -0.394 e. The molecule has 3 N–H and O–H groups in total. The zero-order chi connectivity index (χ0) is 13.1. The summed E-state index contributed by atoms with van der Waals surface area (Å²) < 4.78 is 1.04. The number of hydrogen-bond donors (Lipinski definition) is 2. The lowest BCUT2D eigenvalue weighted by atomic mass is 10.3. The first-order valence-corrected chi connectivity index (χ1v) is 6.60. The van der Waals surface area contributed by atoms with Crippen LogP contribution in [-0.4, -0.2) is 17.9 Å². The molecule has 0 saturated heterocycles. The van der Waals surface area contributed by atoms with Crippen molar-refractivity contribution in [2.24, 2.45) is 10.7 Å². The number of hydrogen-bond acceptors (Lipinski definition) is 4. The van der Waals surface area contributed by atoms with Crippen LogP contribution in [0.5, 0.6) is 0 Å². The molecule has 0 radical (unpaired) electrons. The van der Waals surface area contributed by atoms with E-state index in [1.165, 1.54) is 0 Å². The van der Waals surface area contributed by atoms with Crippen LogP contribution in [0.4, 0.5) is 5.69 Å². The summed E-state index contributed by atoms with van der Waals surface area (Å²) >= 11 is 7.46. The highest BCUT2D eigenvalue weighted by atomic mass is 35.5. The largest absolute Gasteiger partial charge is 0.394 e. The van der Waals surface area contributed by atoms with Crippen molar-refractivity contribution in [3.05, 3.63) is 34.4 Å². The van der Waals surface area contributed by atoms with Gasteiger partial charge in [0.25, 0.3) is 0 Å². The summed E-state index contributed by atoms with van der Waals surface area (Å²) in [6, 6.07) is 3.70. The van der Waals surface area contributed by atoms with Crippen molar-refractivity contribution in [3.8, 4) is 0 Å². The molecule has 0 unspecified atom stereocenters. The quantitative estimate of drug-likeness (QED) is 0.516. The Hall–Kier alpha value is -1.59. The van der Waals surface area contributed by atoms with Crippen LogP contribution in [0.25, 0.3) is 10.2 Å². The monoisotopic (exact) mass is 280 g/mol. The third-order valence-electron chi connectivity index (χ3n) is 2.37. The Kier molecular flexibility index (Phi) is 3.84. The minimum atomic E-state index is 0.457. The van der Waals surface area contributed by atoms with E-state index in [9.17, 15) is 0 Å². The first-order chi connectivity index (χ1) is 8.61. The molecule has 0 aliphatic carbocycles. The van der Waals surface area contributed by atoms with Gasteiger partial charge in [-0.1, -0.05) is 11.6 Å². The Morgan fingerprint density at radius 2 is 2.33 bits per heavy atom. The SMILES string of the molecule is CN/C=C(/C)C(N)=Nc1csc2ccc(Cl)nc12. The lowest BCUT2D eigenvalue weighted by molar-refractivity contribution is 1.09. The molecular formula is C12H13ClN4S. The number of nitrogens with one attached hydrogen (secondary N) is 1. The van der Waals surface area contributed by atoms with Crippen LogP contribution in [0.15, 0.2) is 34.3 Å². The summed E-state index contributed by atoms with van der Waals surface area (Å²) in [4.78, 5) is 8.65. The third kappa shape index (κ3) is 2.63. The smallest absolute Gasteiger partial charge is 0.129 e. The maximum Gasteiger partial charge on any atom is 0.129 e. The molecule has 0 fully saturated rings. The van der Waals surface area contributed by atoms with E-state index < -0.39 is 0 Å². The van der Waals surface area contributed by atoms with E-state index in [1.54, 1.807) is 23.6 Å². The highest BCUT2D eigenvalue weighted by Crippen LogP contribution is 2.32. The van der Waals surface area contributed by atoms with Gasteiger partial charge in [-0.05, 0) is 19.1 Å². The van der Waals surface area contributed by atoms with E-state index in [-0.39, 0.29) is 0 Å². The molecule has 0 bridgehead atoms. The molecule has 0 atom stereocenters. The Morgan fingerprint density at radius 3 is 3.06 bits per heavy atom. The summed E-state index contributed by atoms with van der Waals surface area (Å²) in [5.41, 5.74) is 8.32. The van der Waals surface area contributed by atoms with Crippen molar-refractivity contribution in [1.29, 1.82) is 0 Å². The van der Waals surface area contributed by atoms with E-state index in [1.807, 2.05) is 25.4 Å². The second kappa shape index (κ2) is 5.37. The molecule has 2 aromatic heterocycles. The van der Waals surface area contributed by atoms with Gasteiger partial charge in [-0.2, -0.15) is 0 Å². The molecule has 6 heteroatoms. The van der Waals surface area contributed by atoms with E-state index in [0.717, 1.165) is 21.5 Å². The first kappa shape index (κ1) is 12.9. The van der Waals surface area contributed by atoms with Crippen LogP contribution < -0.4 is 11.1 Å². The van der Waals surface area contributed by atoms with Gasteiger partial charge in [-0.15, -0.1) is 11.3 Å². The number of thiophene rings is 1. The van der Waals surface area contributed by atoms with Crippen molar-refractivity contribution >= 4 is 44.7 Å². The van der Waals surface area contributed by atoms with Gasteiger partial charge in [0.1, 0.15) is 22.2 Å². The highest BCUT2D eigenvalue weighted by molar-refractivity contribution is 7.17. The van der Waals surface area contributed by atoms with Crippen molar-refractivity contribution in [1.82, 2.24) is 10.3 Å². The van der Waals surface area contributed by atoms with E-state index in [4.69, 9.17) is 17.3 Å². The van der Waals surface area contributed by atoms with E-state index in [0.29, 0.717) is 11.0 Å². The number of nitrogens with two attached hydrogens (primary N) is 1. The Labute approximate surface area is 114 Å². The molecular weight excluding hydrogens is 268 g/mol. The van der Waals surface area contributed by atoms with Gasteiger partial charge in [0.2, 0.25) is 0 Å². The predicted octanol–water partition coefficient (Wildman–Crippen LogP) is 3.06. The van der Waals surface area contributed by atoms with Crippen molar-refractivity contribution < 1.29 is 0 Å². The van der Waals surface area contributed by atoms with Crippen LogP contribution >= 0.6 is 22.9 Å². The number of aliphatic imine (C=N–C) groups is 1. The fraction of sp³-hybridized carbons (Fsp3) is 0.167. The summed E-state index contributed by atoms with van der Waals surface area (Å²) in [7, 11) is 1.82. The van der Waals surface area contributed by atoms with Crippen LogP contribution in [0.3, 0.4) is 0 Å². The number of pyridine rings is 1. The van der Waals surface area contributed by atoms with Crippen molar-refractivity contribution in [2.75, 3.05) is 7.05 Å². The summed E-state index contributed by atoms with van der Waals surface area (Å²) in [6.45, 7) is 1.89. The molecule has 0 aliphatic rings. The lowest BCUT2D eigenvalue weighted by Gasteiger charge is -2.00. The van der Waals surface area contributed by atoms with Gasteiger partial charge in [0.15, 0.2) is 0 Å². The van der Waals surface area contributed by atoms with Crippen LogP contribution in [0, 0.1) is 0 Å². The molecule has 0 saturated carbocycles. The topological polar surface area (TPSA) is 63.3 Å². The van der Waals surface area contributed by atoms with Crippen molar-refractivity contribution in [3.63, 3.8) is 0 Å². The van der Waals surface area contributed by atoms with Crippen LogP contribution in [0.1, 0.15) is 6.92 Å². The number of fused-ring (bicyclic) bond motifs is 1. The maximum absolute atomic E-state index is 5.91. The molecule has 4 nitrogen and oxygen atoms in total. The molecule has 0 aromatic carbocycles. The Balaban J connectivity index is 2.46. The molecule has 0 aliphatic heterocycles. The molecule has 0 spiro atoms. The number of nitrogens with zero attached hydrogens (tertiary/aromatic N) is 2. The summed E-state index contributed by atoms with van der Waals surface area (Å²) in [5, 5.41) is 5.30. The van der Waals surface area contributed by atoms with Gasteiger partial charge in [0, 0.05) is 24.2 Å². The second-order valence-corrected chi connectivity index (χ2v) is 5.01. The molecule has 2 aromatic rings. The predicted molar refractivity (Wildman–Crippen MR) is 78.7 cm³/mol. The third-order valence-corrected chi connectivity index (χ3v) is 3.51. The zero-order valence-corrected chi connectivity index (χ0v) is 11.6. The number of aromatic nitrogens is 1. The fourth-order valence-electron chi connectivity index (χ4n) is 1.46. The van der Waals surface area contributed by atoms with Gasteiger partial charge in [-0.3, -0.25) is 0 Å². The number of halogens is 1. The summed E-state index contributed by atoms with van der Waals surface area (Å²) in [5.74, 6) is 0.464. The van der Waals surface area contributed by atoms with Crippen LogP contribution in [0.2, 0.25) is 5.15 Å². The first-order valence-electron chi connectivity index (χ1n) is 5.34. The van der Waals surface area contributed by atoms with Gasteiger partial charge in [-0.25, -0.2) is 9.98 Å². The van der Waals surface area contributed by atoms with E-state index >= 15 is 0 Å². The summed E-state index contributed by atoms with van der Waals surface area (Å²) in [6.07, 6.45) is 1.80. The Bertz CT molecular complexity index is 630. The number of amidine groups is 1. The normalized spacial score (nSPS) is 13.1. The molecule has 18 heavy (non-hydrogen) atoms. The molecule has 94 valence electrons. The standard InChI is InChI=1S/C12H13ClN4S/c1-7(5-15-2)12(14)16-8-6-18-9-3-4-10(13)17-11(8)9/h3-6,15H,1-2H3,(H2,14,16)/b7-5-. The minimum absolute atomic E-state index is 0.457. The molecule has 2 heterocycles. The van der Waals surface area contributed by atoms with Crippen LogP contribution in [-0.2, 0) is 0 Å². The Morgan fingerprint density at radius 1 is 1.56 bits per heavy atom. The molecule has 0 amide bonds. The maximum atomic E-state index is 5.91. The van der Waals surface area contributed by atoms with Crippen molar-refractivity contribution in [2.45, 2.75) is 6.92 Å². The number of rotatable bonds is 3. The molecule has 2 rings (SSSR count). The zero-order valence-electron chi connectivity index (χ0n) is 10.1.